The maximum Gasteiger partial charge on any atom is 0.263 e. The van der Waals surface area contributed by atoms with Gasteiger partial charge in [0.1, 0.15) is 0 Å². The summed E-state index contributed by atoms with van der Waals surface area (Å²) >= 11 is 0. The number of sulfonamides is 1. The first-order valence-corrected chi connectivity index (χ1v) is 7.01. The van der Waals surface area contributed by atoms with E-state index in [2.05, 4.69) is 4.98 Å². The topological polar surface area (TPSA) is 53.5 Å². The van der Waals surface area contributed by atoms with Crippen LogP contribution in [0.5, 0.6) is 0 Å². The van der Waals surface area contributed by atoms with Gasteiger partial charge in [0.15, 0.2) is 5.82 Å². The Morgan fingerprint density at radius 2 is 1.94 bits per heavy atom. The summed E-state index contributed by atoms with van der Waals surface area (Å²) in [5.41, 5.74) is 0. The molecule has 0 bridgehead atoms. The van der Waals surface area contributed by atoms with Gasteiger partial charge in [-0.2, -0.15) is 4.31 Å². The Hall–Kier alpha value is -1.05. The minimum Gasteiger partial charge on any atom is -0.309 e. The lowest BCUT2D eigenvalue weighted by atomic mass is 10.4. The molecule has 0 saturated heterocycles. The summed E-state index contributed by atoms with van der Waals surface area (Å²) in [7, 11) is 1.41. The zero-order chi connectivity index (χ0) is 13.8. The molecule has 18 heavy (non-hydrogen) atoms. The van der Waals surface area contributed by atoms with Crippen LogP contribution < -0.4 is 0 Å². The van der Waals surface area contributed by atoms with Crippen molar-refractivity contribution in [2.24, 2.45) is 0 Å². The van der Waals surface area contributed by atoms with E-state index in [0.717, 1.165) is 16.9 Å². The number of halogens is 1. The lowest BCUT2D eigenvalue weighted by molar-refractivity contribution is 0.369. The first-order chi connectivity index (χ1) is 8.35. The van der Waals surface area contributed by atoms with Gasteiger partial charge in [0.2, 0.25) is 5.03 Å². The molecular weight excluding hydrogens is 257 g/mol. The fraction of sp³-hybridized carbons (Fsp3) is 0.545. The summed E-state index contributed by atoms with van der Waals surface area (Å²) in [5.74, 6) is -0.822. The van der Waals surface area contributed by atoms with Crippen molar-refractivity contribution >= 4 is 10.0 Å². The third kappa shape index (κ3) is 3.72. The zero-order valence-electron chi connectivity index (χ0n) is 10.8. The highest BCUT2D eigenvalue weighted by atomic mass is 32.2. The summed E-state index contributed by atoms with van der Waals surface area (Å²) in [6.07, 6.45) is 1.95. The van der Waals surface area contributed by atoms with Crippen molar-refractivity contribution < 1.29 is 12.8 Å². The van der Waals surface area contributed by atoms with Gasteiger partial charge in [-0.3, -0.25) is 0 Å². The van der Waals surface area contributed by atoms with E-state index < -0.39 is 20.9 Å². The minimum absolute atomic E-state index is 0.330. The Labute approximate surface area is 107 Å². The van der Waals surface area contributed by atoms with Crippen molar-refractivity contribution in [1.29, 1.82) is 0 Å². The molecule has 7 heteroatoms. The van der Waals surface area contributed by atoms with Gasteiger partial charge in [0, 0.05) is 19.8 Å². The highest BCUT2D eigenvalue weighted by Crippen LogP contribution is 2.14. The molecular formula is C11H18FN3O2S. The second-order valence-corrected chi connectivity index (χ2v) is 6.23. The molecule has 0 unspecified atom stereocenters. The van der Waals surface area contributed by atoms with Crippen LogP contribution in [-0.2, 0) is 10.0 Å². The Bertz CT molecular complexity index is 491. The van der Waals surface area contributed by atoms with Crippen molar-refractivity contribution in [2.45, 2.75) is 11.4 Å². The van der Waals surface area contributed by atoms with E-state index in [0.29, 0.717) is 13.0 Å². The quantitative estimate of drug-likeness (QED) is 0.770. The third-order valence-corrected chi connectivity index (χ3v) is 4.25. The lowest BCUT2D eigenvalue weighted by Crippen LogP contribution is -2.31. The van der Waals surface area contributed by atoms with Crippen LogP contribution in [0, 0.1) is 5.82 Å². The lowest BCUT2D eigenvalue weighted by Gasteiger charge is -2.18. The molecule has 5 nitrogen and oxygen atoms in total. The minimum atomic E-state index is -3.84. The molecule has 1 rings (SSSR count). The predicted octanol–water partition coefficient (Wildman–Crippen LogP) is 0.793. The summed E-state index contributed by atoms with van der Waals surface area (Å²) < 4.78 is 38.6. The van der Waals surface area contributed by atoms with Crippen LogP contribution in [-0.4, -0.2) is 56.8 Å². The molecule has 0 saturated carbocycles. The standard InChI is InChI=1S/C11H18FN3O2S/c1-14(2)8-5-9-15(3)18(16,17)11-10(12)6-4-7-13-11/h4,6-7H,5,8-9H2,1-3H3. The van der Waals surface area contributed by atoms with Crippen molar-refractivity contribution in [1.82, 2.24) is 14.2 Å². The number of rotatable bonds is 6. The van der Waals surface area contributed by atoms with Gasteiger partial charge < -0.3 is 4.90 Å². The first kappa shape index (κ1) is 15.0. The molecule has 0 N–H and O–H groups in total. The highest BCUT2D eigenvalue weighted by molar-refractivity contribution is 7.89. The molecule has 1 heterocycles. The second-order valence-electron chi connectivity index (χ2n) is 4.27. The summed E-state index contributed by atoms with van der Waals surface area (Å²) in [5, 5.41) is -0.516. The van der Waals surface area contributed by atoms with Crippen molar-refractivity contribution in [3.63, 3.8) is 0 Å². The van der Waals surface area contributed by atoms with E-state index in [1.807, 2.05) is 19.0 Å². The molecule has 0 spiro atoms. The molecule has 0 aliphatic heterocycles. The molecule has 0 radical (unpaired) electrons. The highest BCUT2D eigenvalue weighted by Gasteiger charge is 2.25. The van der Waals surface area contributed by atoms with Gasteiger partial charge in [0.05, 0.1) is 0 Å². The second kappa shape index (κ2) is 6.21. The van der Waals surface area contributed by atoms with Crippen LogP contribution in [0.1, 0.15) is 6.42 Å². The fourth-order valence-corrected chi connectivity index (χ4v) is 2.61. The SMILES string of the molecule is CN(C)CCCN(C)S(=O)(=O)c1ncccc1F. The largest absolute Gasteiger partial charge is 0.309 e. The Morgan fingerprint density at radius 3 is 2.50 bits per heavy atom. The van der Waals surface area contributed by atoms with Crippen LogP contribution in [0.2, 0.25) is 0 Å². The normalized spacial score (nSPS) is 12.3. The average molecular weight is 275 g/mol. The van der Waals surface area contributed by atoms with Gasteiger partial charge in [-0.1, -0.05) is 0 Å². The Kier molecular flexibility index (Phi) is 5.18. The van der Waals surface area contributed by atoms with Gasteiger partial charge in [-0.15, -0.1) is 0 Å². The van der Waals surface area contributed by atoms with Gasteiger partial charge >= 0.3 is 0 Å². The summed E-state index contributed by atoms with van der Waals surface area (Å²) in [6, 6.07) is 2.45. The molecule has 1 aromatic heterocycles. The van der Waals surface area contributed by atoms with Crippen molar-refractivity contribution in [3.8, 4) is 0 Å². The van der Waals surface area contributed by atoms with Crippen LogP contribution in [0.3, 0.4) is 0 Å². The van der Waals surface area contributed by atoms with E-state index in [-0.39, 0.29) is 0 Å². The Morgan fingerprint density at radius 1 is 1.28 bits per heavy atom. The van der Waals surface area contributed by atoms with E-state index >= 15 is 0 Å². The fourth-order valence-electron chi connectivity index (χ4n) is 1.44. The number of hydrogen-bond donors (Lipinski definition) is 0. The maximum absolute atomic E-state index is 13.4. The van der Waals surface area contributed by atoms with Gasteiger partial charge in [-0.25, -0.2) is 17.8 Å². The molecule has 0 fully saturated rings. The number of aromatic nitrogens is 1. The molecule has 0 aromatic carbocycles. The maximum atomic E-state index is 13.4. The van der Waals surface area contributed by atoms with Crippen LogP contribution in [0.15, 0.2) is 23.4 Å². The molecule has 0 amide bonds. The van der Waals surface area contributed by atoms with E-state index in [4.69, 9.17) is 0 Å². The smallest absolute Gasteiger partial charge is 0.263 e. The van der Waals surface area contributed by atoms with Gasteiger partial charge in [0.25, 0.3) is 10.0 Å². The van der Waals surface area contributed by atoms with Crippen LogP contribution in [0.4, 0.5) is 4.39 Å². The van der Waals surface area contributed by atoms with Crippen LogP contribution >= 0.6 is 0 Å². The molecule has 0 aliphatic rings. The van der Waals surface area contributed by atoms with Crippen molar-refractivity contribution in [3.05, 3.63) is 24.1 Å². The molecule has 0 aliphatic carbocycles. The Balaban J connectivity index is 2.78. The first-order valence-electron chi connectivity index (χ1n) is 5.57. The summed E-state index contributed by atoms with van der Waals surface area (Å²) in [4.78, 5) is 5.56. The zero-order valence-corrected chi connectivity index (χ0v) is 11.6. The summed E-state index contributed by atoms with van der Waals surface area (Å²) in [6.45, 7) is 1.10. The number of hydrogen-bond acceptors (Lipinski definition) is 4. The molecule has 102 valence electrons. The van der Waals surface area contributed by atoms with E-state index in [1.165, 1.54) is 19.3 Å². The monoisotopic (exact) mass is 275 g/mol. The van der Waals surface area contributed by atoms with Gasteiger partial charge in [-0.05, 0) is 39.2 Å². The average Bonchev–Trinajstić information content (AvgIpc) is 2.28. The van der Waals surface area contributed by atoms with Crippen LogP contribution in [0.25, 0.3) is 0 Å². The third-order valence-electron chi connectivity index (χ3n) is 2.46. The molecule has 1 aromatic rings. The number of pyridine rings is 1. The molecule has 0 atom stereocenters. The van der Waals surface area contributed by atoms with E-state index in [9.17, 15) is 12.8 Å². The predicted molar refractivity (Wildman–Crippen MR) is 67.2 cm³/mol. The van der Waals surface area contributed by atoms with E-state index in [1.54, 1.807) is 0 Å². The van der Waals surface area contributed by atoms with Crippen molar-refractivity contribution in [2.75, 3.05) is 34.2 Å². The number of nitrogens with zero attached hydrogens (tertiary/aromatic N) is 3.